The molecule has 94 valence electrons. The fraction of sp³-hybridized carbons (Fsp3) is 0.571. The Hall–Kier alpha value is -1.06. The molecule has 0 saturated carbocycles. The quantitative estimate of drug-likeness (QED) is 0.864. The molecule has 1 aliphatic carbocycles. The maximum Gasteiger partial charge on any atom is 0.119 e. The Bertz CT molecular complexity index is 390. The van der Waals surface area contributed by atoms with Gasteiger partial charge in [0, 0.05) is 6.54 Å². The molecule has 0 unspecified atom stereocenters. The molecular formula is C14H21NO2. The first-order valence-corrected chi connectivity index (χ1v) is 6.16. The smallest absolute Gasteiger partial charge is 0.119 e. The van der Waals surface area contributed by atoms with Gasteiger partial charge in [-0.15, -0.1) is 0 Å². The SMILES string of the molecule is C[C@H]1Cc2ccc(OCCN(C)C)cc2[C@@H]1O. The number of aliphatic hydroxyl groups is 1. The molecule has 0 heterocycles. The Labute approximate surface area is 103 Å². The minimum absolute atomic E-state index is 0.321. The molecule has 0 amide bonds. The molecule has 2 rings (SSSR count). The molecule has 1 aliphatic rings. The Kier molecular flexibility index (Phi) is 3.69. The van der Waals surface area contributed by atoms with Crippen molar-refractivity contribution in [3.05, 3.63) is 29.3 Å². The molecule has 0 saturated heterocycles. The van der Waals surface area contributed by atoms with Crippen molar-refractivity contribution in [2.45, 2.75) is 19.4 Å². The van der Waals surface area contributed by atoms with Crippen LogP contribution in [0.4, 0.5) is 0 Å². The number of fused-ring (bicyclic) bond motifs is 1. The summed E-state index contributed by atoms with van der Waals surface area (Å²) in [6.45, 7) is 3.66. The van der Waals surface area contributed by atoms with Gasteiger partial charge < -0.3 is 14.7 Å². The van der Waals surface area contributed by atoms with E-state index in [1.807, 2.05) is 26.2 Å². The summed E-state index contributed by atoms with van der Waals surface area (Å²) in [4.78, 5) is 2.09. The minimum atomic E-state index is -0.331. The van der Waals surface area contributed by atoms with Gasteiger partial charge in [0.1, 0.15) is 12.4 Å². The largest absolute Gasteiger partial charge is 0.492 e. The van der Waals surface area contributed by atoms with Crippen molar-refractivity contribution in [2.75, 3.05) is 27.2 Å². The number of benzene rings is 1. The van der Waals surface area contributed by atoms with Gasteiger partial charge >= 0.3 is 0 Å². The van der Waals surface area contributed by atoms with Crippen LogP contribution in [-0.2, 0) is 6.42 Å². The highest BCUT2D eigenvalue weighted by molar-refractivity contribution is 5.40. The number of ether oxygens (including phenoxy) is 1. The lowest BCUT2D eigenvalue weighted by atomic mass is 10.1. The van der Waals surface area contributed by atoms with Crippen molar-refractivity contribution in [3.63, 3.8) is 0 Å². The van der Waals surface area contributed by atoms with Crippen molar-refractivity contribution < 1.29 is 9.84 Å². The molecule has 1 aromatic carbocycles. The van der Waals surface area contributed by atoms with Crippen LogP contribution in [0, 0.1) is 5.92 Å². The summed E-state index contributed by atoms with van der Waals surface area (Å²) in [5, 5.41) is 10.0. The molecule has 0 aliphatic heterocycles. The Morgan fingerprint density at radius 1 is 1.41 bits per heavy atom. The molecule has 0 radical (unpaired) electrons. The van der Waals surface area contributed by atoms with E-state index in [0.29, 0.717) is 12.5 Å². The second kappa shape index (κ2) is 5.07. The van der Waals surface area contributed by atoms with Crippen LogP contribution in [0.15, 0.2) is 18.2 Å². The van der Waals surface area contributed by atoms with Crippen molar-refractivity contribution in [1.29, 1.82) is 0 Å². The van der Waals surface area contributed by atoms with Crippen molar-refractivity contribution in [2.24, 2.45) is 5.92 Å². The van der Waals surface area contributed by atoms with Gasteiger partial charge in [0.2, 0.25) is 0 Å². The number of likely N-dealkylation sites (N-methyl/N-ethyl adjacent to an activating group) is 1. The third-order valence-corrected chi connectivity index (χ3v) is 3.32. The van der Waals surface area contributed by atoms with Gasteiger partial charge in [0.15, 0.2) is 0 Å². The highest BCUT2D eigenvalue weighted by Crippen LogP contribution is 2.37. The highest BCUT2D eigenvalue weighted by Gasteiger charge is 2.27. The van der Waals surface area contributed by atoms with Crippen LogP contribution in [0.1, 0.15) is 24.2 Å². The summed E-state index contributed by atoms with van der Waals surface area (Å²) in [7, 11) is 4.05. The van der Waals surface area contributed by atoms with E-state index in [0.717, 1.165) is 24.3 Å². The third-order valence-electron chi connectivity index (χ3n) is 3.32. The predicted octanol–water partition coefficient (Wildman–Crippen LogP) is 1.85. The summed E-state index contributed by atoms with van der Waals surface area (Å²) in [6, 6.07) is 6.06. The predicted molar refractivity (Wildman–Crippen MR) is 68.3 cm³/mol. The summed E-state index contributed by atoms with van der Waals surface area (Å²) < 4.78 is 5.67. The molecule has 1 aromatic rings. The summed E-state index contributed by atoms with van der Waals surface area (Å²) in [5.74, 6) is 1.18. The van der Waals surface area contributed by atoms with Gasteiger partial charge in [-0.05, 0) is 49.7 Å². The third kappa shape index (κ3) is 2.79. The molecule has 0 aromatic heterocycles. The molecular weight excluding hydrogens is 214 g/mol. The fourth-order valence-electron chi connectivity index (χ4n) is 2.24. The van der Waals surface area contributed by atoms with E-state index in [2.05, 4.69) is 17.9 Å². The molecule has 0 spiro atoms. The highest BCUT2D eigenvalue weighted by atomic mass is 16.5. The van der Waals surface area contributed by atoms with E-state index >= 15 is 0 Å². The second-order valence-electron chi connectivity index (χ2n) is 5.14. The Morgan fingerprint density at radius 2 is 2.18 bits per heavy atom. The fourth-order valence-corrected chi connectivity index (χ4v) is 2.24. The Balaban J connectivity index is 2.02. The summed E-state index contributed by atoms with van der Waals surface area (Å²) in [6.07, 6.45) is 0.636. The van der Waals surface area contributed by atoms with E-state index in [1.54, 1.807) is 0 Å². The van der Waals surface area contributed by atoms with Crippen LogP contribution in [0.5, 0.6) is 5.75 Å². The second-order valence-corrected chi connectivity index (χ2v) is 5.14. The molecule has 1 N–H and O–H groups in total. The lowest BCUT2D eigenvalue weighted by Crippen LogP contribution is -2.19. The van der Waals surface area contributed by atoms with Crippen LogP contribution in [0.25, 0.3) is 0 Å². The lowest BCUT2D eigenvalue weighted by Gasteiger charge is -2.13. The lowest BCUT2D eigenvalue weighted by molar-refractivity contribution is 0.132. The van der Waals surface area contributed by atoms with Gasteiger partial charge in [-0.25, -0.2) is 0 Å². The van der Waals surface area contributed by atoms with E-state index in [4.69, 9.17) is 4.74 Å². The van der Waals surface area contributed by atoms with Gasteiger partial charge in [-0.1, -0.05) is 13.0 Å². The standard InChI is InChI=1S/C14H21NO2/c1-10-8-11-4-5-12(9-13(11)14(10)16)17-7-6-15(2)3/h4-5,9-10,14,16H,6-8H2,1-3H3/t10-,14+/m0/s1. The van der Waals surface area contributed by atoms with E-state index in [1.165, 1.54) is 5.56 Å². The first-order valence-electron chi connectivity index (χ1n) is 6.16. The minimum Gasteiger partial charge on any atom is -0.492 e. The molecule has 3 nitrogen and oxygen atoms in total. The first kappa shape index (κ1) is 12.4. The molecule has 2 atom stereocenters. The van der Waals surface area contributed by atoms with Gasteiger partial charge in [-0.3, -0.25) is 0 Å². The van der Waals surface area contributed by atoms with E-state index in [9.17, 15) is 5.11 Å². The van der Waals surface area contributed by atoms with Crippen LogP contribution >= 0.6 is 0 Å². The average Bonchev–Trinajstić information content (AvgIpc) is 2.55. The summed E-state index contributed by atoms with van der Waals surface area (Å²) >= 11 is 0. The van der Waals surface area contributed by atoms with Gasteiger partial charge in [-0.2, -0.15) is 0 Å². The zero-order chi connectivity index (χ0) is 12.4. The first-order chi connectivity index (χ1) is 8.08. The number of hydrogen-bond acceptors (Lipinski definition) is 3. The molecule has 0 fully saturated rings. The molecule has 17 heavy (non-hydrogen) atoms. The molecule has 3 heteroatoms. The van der Waals surface area contributed by atoms with E-state index < -0.39 is 0 Å². The zero-order valence-corrected chi connectivity index (χ0v) is 10.8. The van der Waals surface area contributed by atoms with Crippen molar-refractivity contribution in [1.82, 2.24) is 4.90 Å². The maximum atomic E-state index is 10.0. The van der Waals surface area contributed by atoms with Gasteiger partial charge in [0.25, 0.3) is 0 Å². The van der Waals surface area contributed by atoms with Crippen molar-refractivity contribution >= 4 is 0 Å². The van der Waals surface area contributed by atoms with Crippen molar-refractivity contribution in [3.8, 4) is 5.75 Å². The average molecular weight is 235 g/mol. The van der Waals surface area contributed by atoms with Crippen LogP contribution in [0.3, 0.4) is 0 Å². The molecule has 0 bridgehead atoms. The van der Waals surface area contributed by atoms with Crippen LogP contribution in [-0.4, -0.2) is 37.3 Å². The Morgan fingerprint density at radius 3 is 2.88 bits per heavy atom. The van der Waals surface area contributed by atoms with Crippen LogP contribution < -0.4 is 4.74 Å². The van der Waals surface area contributed by atoms with Gasteiger partial charge in [0.05, 0.1) is 6.10 Å². The number of aliphatic hydroxyl groups excluding tert-OH is 1. The summed E-state index contributed by atoms with van der Waals surface area (Å²) in [5.41, 5.74) is 2.30. The normalized spacial score (nSPS) is 22.9. The number of rotatable bonds is 4. The number of nitrogens with zero attached hydrogens (tertiary/aromatic N) is 1. The zero-order valence-electron chi connectivity index (χ0n) is 10.8. The monoisotopic (exact) mass is 235 g/mol. The topological polar surface area (TPSA) is 32.7 Å². The van der Waals surface area contributed by atoms with E-state index in [-0.39, 0.29) is 6.10 Å². The van der Waals surface area contributed by atoms with Crippen LogP contribution in [0.2, 0.25) is 0 Å². The number of hydrogen-bond donors (Lipinski definition) is 1. The maximum absolute atomic E-state index is 10.0.